The fraction of sp³-hybridized carbons (Fsp3) is 0.300. The van der Waals surface area contributed by atoms with Gasteiger partial charge in [-0.1, -0.05) is 26.0 Å². The lowest BCUT2D eigenvalue weighted by atomic mass is 9.97. The first kappa shape index (κ1) is 19.5. The first-order valence-electron chi connectivity index (χ1n) is 8.33. The molecule has 0 saturated heterocycles. The second-order valence-corrected chi connectivity index (χ2v) is 6.11. The molecule has 0 radical (unpaired) electrons. The third-order valence-electron chi connectivity index (χ3n) is 4.13. The van der Waals surface area contributed by atoms with Crippen LogP contribution >= 0.6 is 0 Å². The lowest BCUT2D eigenvalue weighted by molar-refractivity contribution is 0.389. The molecule has 6 heteroatoms. The summed E-state index contributed by atoms with van der Waals surface area (Å²) in [6, 6.07) is 11.3. The number of methoxy groups -OCH3 is 3. The minimum absolute atomic E-state index is 0.269. The van der Waals surface area contributed by atoms with E-state index in [4.69, 9.17) is 25.8 Å². The van der Waals surface area contributed by atoms with Crippen molar-refractivity contribution in [2.45, 2.75) is 19.8 Å². The van der Waals surface area contributed by atoms with E-state index in [1.165, 1.54) is 5.01 Å². The maximum atomic E-state index is 6.34. The maximum Gasteiger partial charge on any atom is 0.143 e. The summed E-state index contributed by atoms with van der Waals surface area (Å²) < 4.78 is 16.3. The van der Waals surface area contributed by atoms with Crippen LogP contribution in [0.2, 0.25) is 0 Å². The zero-order valence-corrected chi connectivity index (χ0v) is 15.9. The molecule has 0 aliphatic carbocycles. The average Bonchev–Trinajstić information content (AvgIpc) is 2.66. The van der Waals surface area contributed by atoms with Gasteiger partial charge in [-0.05, 0) is 29.7 Å². The van der Waals surface area contributed by atoms with Crippen molar-refractivity contribution in [3.05, 3.63) is 53.7 Å². The molecule has 4 N–H and O–H groups in total. The van der Waals surface area contributed by atoms with Crippen molar-refractivity contribution in [2.75, 3.05) is 26.3 Å². The molecule has 0 aromatic heterocycles. The molecule has 0 atom stereocenters. The number of hydrazine groups is 1. The fourth-order valence-corrected chi connectivity index (χ4v) is 2.73. The first-order chi connectivity index (χ1) is 12.4. The van der Waals surface area contributed by atoms with E-state index < -0.39 is 0 Å². The number of hydrogen-bond donors (Lipinski definition) is 2. The highest BCUT2D eigenvalue weighted by atomic mass is 16.5. The quantitative estimate of drug-likeness (QED) is 0.583. The fourth-order valence-electron chi connectivity index (χ4n) is 2.73. The van der Waals surface area contributed by atoms with Gasteiger partial charge in [0, 0.05) is 17.8 Å². The van der Waals surface area contributed by atoms with Crippen LogP contribution in [0.4, 0.5) is 5.69 Å². The van der Waals surface area contributed by atoms with E-state index in [0.717, 1.165) is 16.9 Å². The SMILES string of the molecule is COc1cc(OC)c(C(C)C)cc1/C(N)=C/N(N)c1ccccc1OC. The van der Waals surface area contributed by atoms with Crippen molar-refractivity contribution in [1.82, 2.24) is 0 Å². The Morgan fingerprint density at radius 2 is 1.58 bits per heavy atom. The van der Waals surface area contributed by atoms with Crippen LogP contribution < -0.4 is 30.8 Å². The van der Waals surface area contributed by atoms with Crippen LogP contribution in [0.1, 0.15) is 30.9 Å². The Balaban J connectivity index is 2.49. The Hall–Kier alpha value is -2.86. The van der Waals surface area contributed by atoms with E-state index in [2.05, 4.69) is 13.8 Å². The highest BCUT2D eigenvalue weighted by Crippen LogP contribution is 2.36. The number of hydrogen-bond acceptors (Lipinski definition) is 6. The predicted molar refractivity (Wildman–Crippen MR) is 105 cm³/mol. The summed E-state index contributed by atoms with van der Waals surface area (Å²) in [6.45, 7) is 4.19. The Morgan fingerprint density at radius 1 is 0.962 bits per heavy atom. The van der Waals surface area contributed by atoms with E-state index in [1.807, 2.05) is 36.4 Å². The second kappa shape index (κ2) is 8.49. The van der Waals surface area contributed by atoms with Gasteiger partial charge < -0.3 is 19.9 Å². The molecule has 0 aliphatic rings. The van der Waals surface area contributed by atoms with Gasteiger partial charge >= 0.3 is 0 Å². The topological polar surface area (TPSA) is 83.0 Å². The number of nitrogens with zero attached hydrogens (tertiary/aromatic N) is 1. The molecule has 2 aromatic carbocycles. The van der Waals surface area contributed by atoms with Gasteiger partial charge in [0.25, 0.3) is 0 Å². The van der Waals surface area contributed by atoms with E-state index in [-0.39, 0.29) is 5.92 Å². The van der Waals surface area contributed by atoms with Crippen LogP contribution in [0.3, 0.4) is 0 Å². The zero-order chi connectivity index (χ0) is 19.3. The van der Waals surface area contributed by atoms with Crippen molar-refractivity contribution >= 4 is 11.4 Å². The van der Waals surface area contributed by atoms with Crippen LogP contribution in [0.15, 0.2) is 42.6 Å². The Kier molecular flexibility index (Phi) is 6.36. The van der Waals surface area contributed by atoms with Crippen molar-refractivity contribution in [3.63, 3.8) is 0 Å². The Morgan fingerprint density at radius 3 is 2.15 bits per heavy atom. The van der Waals surface area contributed by atoms with Gasteiger partial charge in [0.2, 0.25) is 0 Å². The van der Waals surface area contributed by atoms with Gasteiger partial charge in [0.05, 0.1) is 32.7 Å². The molecule has 2 rings (SSSR count). The Labute approximate surface area is 154 Å². The Bertz CT molecular complexity index is 788. The smallest absolute Gasteiger partial charge is 0.143 e. The van der Waals surface area contributed by atoms with Gasteiger partial charge in [-0.3, -0.25) is 5.01 Å². The van der Waals surface area contributed by atoms with Crippen molar-refractivity contribution < 1.29 is 14.2 Å². The number of nitrogens with two attached hydrogens (primary N) is 2. The highest BCUT2D eigenvalue weighted by Gasteiger charge is 2.16. The molecular weight excluding hydrogens is 330 g/mol. The molecule has 0 fully saturated rings. The van der Waals surface area contributed by atoms with Crippen molar-refractivity contribution in [3.8, 4) is 17.2 Å². The van der Waals surface area contributed by atoms with E-state index >= 15 is 0 Å². The summed E-state index contributed by atoms with van der Waals surface area (Å²) in [7, 11) is 4.84. The summed E-state index contributed by atoms with van der Waals surface area (Å²) in [4.78, 5) is 0. The third kappa shape index (κ3) is 4.03. The summed E-state index contributed by atoms with van der Waals surface area (Å²) in [5.41, 5.74) is 9.31. The molecule has 0 unspecified atom stereocenters. The van der Waals surface area contributed by atoms with E-state index in [1.54, 1.807) is 27.5 Å². The molecule has 6 nitrogen and oxygen atoms in total. The van der Waals surface area contributed by atoms with Gasteiger partial charge in [-0.25, -0.2) is 5.84 Å². The standard InChI is InChI=1S/C20H27N3O3/c1-13(2)14-10-15(20(26-5)11-19(14)25-4)16(21)12-23(22)17-8-6-7-9-18(17)24-3/h6-13H,21-22H2,1-5H3/b16-12-. The van der Waals surface area contributed by atoms with Gasteiger partial charge in [0.15, 0.2) is 0 Å². The van der Waals surface area contributed by atoms with Crippen molar-refractivity contribution in [2.24, 2.45) is 11.6 Å². The molecule has 0 amide bonds. The number of para-hydroxylation sites is 2. The van der Waals surface area contributed by atoms with Crippen LogP contribution in [0.25, 0.3) is 5.70 Å². The number of rotatable bonds is 7. The van der Waals surface area contributed by atoms with E-state index in [0.29, 0.717) is 22.9 Å². The van der Waals surface area contributed by atoms with Crippen LogP contribution in [0.5, 0.6) is 17.2 Å². The van der Waals surface area contributed by atoms with Gasteiger partial charge in [-0.2, -0.15) is 0 Å². The number of ether oxygens (including phenoxy) is 3. The van der Waals surface area contributed by atoms with Crippen LogP contribution in [-0.4, -0.2) is 21.3 Å². The molecule has 0 spiro atoms. The number of benzene rings is 2. The second-order valence-electron chi connectivity index (χ2n) is 6.11. The first-order valence-corrected chi connectivity index (χ1v) is 8.33. The predicted octanol–water partition coefficient (Wildman–Crippen LogP) is 3.47. The van der Waals surface area contributed by atoms with Crippen LogP contribution in [0, 0.1) is 0 Å². The number of anilines is 1. The molecule has 2 aromatic rings. The van der Waals surface area contributed by atoms with E-state index in [9.17, 15) is 0 Å². The van der Waals surface area contributed by atoms with Gasteiger partial charge in [0.1, 0.15) is 17.2 Å². The molecule has 0 heterocycles. The van der Waals surface area contributed by atoms with Crippen molar-refractivity contribution in [1.29, 1.82) is 0 Å². The minimum atomic E-state index is 0.269. The lowest BCUT2D eigenvalue weighted by Gasteiger charge is -2.20. The van der Waals surface area contributed by atoms with Gasteiger partial charge in [-0.15, -0.1) is 0 Å². The minimum Gasteiger partial charge on any atom is -0.496 e. The zero-order valence-electron chi connectivity index (χ0n) is 15.9. The molecule has 0 bridgehead atoms. The average molecular weight is 357 g/mol. The molecule has 140 valence electrons. The molecule has 0 aliphatic heterocycles. The maximum absolute atomic E-state index is 6.34. The largest absolute Gasteiger partial charge is 0.496 e. The summed E-state index contributed by atoms with van der Waals surface area (Å²) in [5.74, 6) is 8.50. The third-order valence-corrected chi connectivity index (χ3v) is 4.13. The normalized spacial score (nSPS) is 11.4. The monoisotopic (exact) mass is 357 g/mol. The summed E-state index contributed by atoms with van der Waals surface area (Å²) >= 11 is 0. The molecular formula is C20H27N3O3. The molecule has 0 saturated carbocycles. The van der Waals surface area contributed by atoms with Crippen LogP contribution in [-0.2, 0) is 0 Å². The summed E-state index contributed by atoms with van der Waals surface area (Å²) in [6.07, 6.45) is 1.65. The summed E-state index contributed by atoms with van der Waals surface area (Å²) in [5, 5.41) is 1.44. The highest BCUT2D eigenvalue weighted by molar-refractivity contribution is 5.73. The molecule has 26 heavy (non-hydrogen) atoms. The lowest BCUT2D eigenvalue weighted by Crippen LogP contribution is -2.26.